The Morgan fingerprint density at radius 1 is 1.04 bits per heavy atom. The normalized spacial score (nSPS) is 13.7. The number of benzene rings is 1. The zero-order valence-electron chi connectivity index (χ0n) is 14.5. The van der Waals surface area contributed by atoms with Crippen LogP contribution in [0.2, 0.25) is 0 Å². The summed E-state index contributed by atoms with van der Waals surface area (Å²) in [5, 5.41) is 19.2. The molecule has 0 bridgehead atoms. The Morgan fingerprint density at radius 3 is 2.57 bits per heavy atom. The standard InChI is InChI=1S/C19H32O4/c1-3-5-6-7-9-16(4-2)13-22-14-18(21)15-23-19-11-8-10-17(20)12-19/h8,10-12,16,18,20-21H,3-7,9,13-15H2,1-2H3. The van der Waals surface area contributed by atoms with Crippen molar-refractivity contribution in [3.05, 3.63) is 24.3 Å². The molecule has 0 aliphatic heterocycles. The number of aliphatic hydroxyl groups is 1. The van der Waals surface area contributed by atoms with Crippen molar-refractivity contribution in [2.75, 3.05) is 19.8 Å². The minimum atomic E-state index is -0.657. The third kappa shape index (κ3) is 9.47. The van der Waals surface area contributed by atoms with Gasteiger partial charge in [-0.1, -0.05) is 52.0 Å². The van der Waals surface area contributed by atoms with E-state index < -0.39 is 6.10 Å². The van der Waals surface area contributed by atoms with E-state index in [0.717, 1.165) is 6.42 Å². The Balaban J connectivity index is 2.13. The smallest absolute Gasteiger partial charge is 0.123 e. The highest BCUT2D eigenvalue weighted by atomic mass is 16.5. The maximum absolute atomic E-state index is 9.90. The minimum Gasteiger partial charge on any atom is -0.508 e. The topological polar surface area (TPSA) is 58.9 Å². The fraction of sp³-hybridized carbons (Fsp3) is 0.684. The van der Waals surface area contributed by atoms with E-state index >= 15 is 0 Å². The van der Waals surface area contributed by atoms with Gasteiger partial charge in [-0.15, -0.1) is 0 Å². The van der Waals surface area contributed by atoms with Crippen molar-refractivity contribution in [3.63, 3.8) is 0 Å². The van der Waals surface area contributed by atoms with Crippen LogP contribution in [0.15, 0.2) is 24.3 Å². The summed E-state index contributed by atoms with van der Waals surface area (Å²) >= 11 is 0. The van der Waals surface area contributed by atoms with Gasteiger partial charge in [0.25, 0.3) is 0 Å². The van der Waals surface area contributed by atoms with Crippen LogP contribution < -0.4 is 4.74 Å². The van der Waals surface area contributed by atoms with Crippen molar-refractivity contribution in [3.8, 4) is 11.5 Å². The number of ether oxygens (including phenoxy) is 2. The average molecular weight is 324 g/mol. The first kappa shape index (κ1) is 19.8. The van der Waals surface area contributed by atoms with Gasteiger partial charge in [0.1, 0.15) is 24.2 Å². The molecule has 23 heavy (non-hydrogen) atoms. The summed E-state index contributed by atoms with van der Waals surface area (Å²) in [4.78, 5) is 0. The van der Waals surface area contributed by atoms with E-state index in [2.05, 4.69) is 13.8 Å². The molecule has 2 N–H and O–H groups in total. The highest BCUT2D eigenvalue weighted by Gasteiger charge is 2.10. The third-order valence-electron chi connectivity index (χ3n) is 3.97. The van der Waals surface area contributed by atoms with Gasteiger partial charge in [-0.3, -0.25) is 0 Å². The van der Waals surface area contributed by atoms with Gasteiger partial charge in [0.05, 0.1) is 6.61 Å². The Labute approximate surface area is 140 Å². The van der Waals surface area contributed by atoms with Crippen LogP contribution in [0.4, 0.5) is 0 Å². The summed E-state index contributed by atoms with van der Waals surface area (Å²) in [6, 6.07) is 6.56. The highest BCUT2D eigenvalue weighted by Crippen LogP contribution is 2.18. The molecule has 1 rings (SSSR count). The van der Waals surface area contributed by atoms with Crippen molar-refractivity contribution in [1.82, 2.24) is 0 Å². The number of rotatable bonds is 13. The van der Waals surface area contributed by atoms with E-state index in [1.54, 1.807) is 18.2 Å². The Morgan fingerprint density at radius 2 is 1.87 bits per heavy atom. The number of hydrogen-bond donors (Lipinski definition) is 2. The van der Waals surface area contributed by atoms with E-state index in [1.165, 1.54) is 38.2 Å². The molecule has 4 nitrogen and oxygen atoms in total. The molecule has 0 fully saturated rings. The number of unbranched alkanes of at least 4 members (excludes halogenated alkanes) is 3. The molecular formula is C19H32O4. The lowest BCUT2D eigenvalue weighted by atomic mass is 9.99. The van der Waals surface area contributed by atoms with E-state index in [1.807, 2.05) is 0 Å². The van der Waals surface area contributed by atoms with E-state index in [9.17, 15) is 10.2 Å². The van der Waals surface area contributed by atoms with Crippen LogP contribution in [0.1, 0.15) is 52.4 Å². The maximum Gasteiger partial charge on any atom is 0.123 e. The first-order valence-electron chi connectivity index (χ1n) is 8.83. The van der Waals surface area contributed by atoms with Gasteiger partial charge in [0.15, 0.2) is 0 Å². The maximum atomic E-state index is 9.90. The van der Waals surface area contributed by atoms with Crippen molar-refractivity contribution < 1.29 is 19.7 Å². The summed E-state index contributed by atoms with van der Waals surface area (Å²) in [6.45, 7) is 5.56. The van der Waals surface area contributed by atoms with Crippen molar-refractivity contribution in [2.45, 2.75) is 58.5 Å². The number of phenolic OH excluding ortho intramolecular Hbond substituents is 1. The van der Waals surface area contributed by atoms with Crippen LogP contribution in [0, 0.1) is 5.92 Å². The van der Waals surface area contributed by atoms with E-state index in [0.29, 0.717) is 18.3 Å². The van der Waals surface area contributed by atoms with Gasteiger partial charge < -0.3 is 19.7 Å². The summed E-state index contributed by atoms with van der Waals surface area (Å²) in [5.41, 5.74) is 0. The largest absolute Gasteiger partial charge is 0.508 e. The highest BCUT2D eigenvalue weighted by molar-refractivity contribution is 5.31. The lowest BCUT2D eigenvalue weighted by Crippen LogP contribution is -2.25. The molecule has 0 amide bonds. The quantitative estimate of drug-likeness (QED) is 0.535. The number of phenols is 1. The number of hydrogen-bond acceptors (Lipinski definition) is 4. The molecule has 0 saturated heterocycles. The first-order valence-corrected chi connectivity index (χ1v) is 8.83. The molecule has 0 saturated carbocycles. The molecule has 4 heteroatoms. The van der Waals surface area contributed by atoms with Crippen LogP contribution in [0.25, 0.3) is 0 Å². The van der Waals surface area contributed by atoms with Gasteiger partial charge in [0, 0.05) is 12.7 Å². The van der Waals surface area contributed by atoms with E-state index in [4.69, 9.17) is 9.47 Å². The zero-order chi connectivity index (χ0) is 16.9. The van der Waals surface area contributed by atoms with Gasteiger partial charge >= 0.3 is 0 Å². The van der Waals surface area contributed by atoms with Crippen molar-refractivity contribution in [1.29, 1.82) is 0 Å². The Hall–Kier alpha value is -1.26. The number of aliphatic hydroxyl groups excluding tert-OH is 1. The lowest BCUT2D eigenvalue weighted by Gasteiger charge is -2.17. The average Bonchev–Trinajstić information content (AvgIpc) is 2.55. The Bertz CT molecular complexity index is 408. The molecular weight excluding hydrogens is 292 g/mol. The zero-order valence-corrected chi connectivity index (χ0v) is 14.5. The molecule has 1 aromatic carbocycles. The molecule has 0 spiro atoms. The fourth-order valence-corrected chi connectivity index (χ4v) is 2.45. The van der Waals surface area contributed by atoms with Crippen LogP contribution in [-0.4, -0.2) is 36.1 Å². The first-order chi connectivity index (χ1) is 11.2. The molecule has 1 aromatic rings. The number of aromatic hydroxyl groups is 1. The van der Waals surface area contributed by atoms with Crippen LogP contribution in [-0.2, 0) is 4.74 Å². The molecule has 2 atom stereocenters. The SMILES string of the molecule is CCCCCCC(CC)COCC(O)COc1cccc(O)c1. The van der Waals surface area contributed by atoms with Gasteiger partial charge in [-0.2, -0.15) is 0 Å². The summed E-state index contributed by atoms with van der Waals surface area (Å²) in [6.07, 6.45) is 6.79. The second-order valence-corrected chi connectivity index (χ2v) is 6.12. The summed E-state index contributed by atoms with van der Waals surface area (Å²) in [7, 11) is 0. The fourth-order valence-electron chi connectivity index (χ4n) is 2.45. The second-order valence-electron chi connectivity index (χ2n) is 6.12. The van der Waals surface area contributed by atoms with Crippen molar-refractivity contribution >= 4 is 0 Å². The van der Waals surface area contributed by atoms with Crippen LogP contribution in [0.3, 0.4) is 0 Å². The molecule has 2 unspecified atom stereocenters. The van der Waals surface area contributed by atoms with E-state index in [-0.39, 0.29) is 19.0 Å². The molecule has 0 aliphatic carbocycles. The molecule has 0 radical (unpaired) electrons. The van der Waals surface area contributed by atoms with Gasteiger partial charge in [-0.05, 0) is 24.5 Å². The summed E-state index contributed by atoms with van der Waals surface area (Å²) in [5.74, 6) is 1.28. The van der Waals surface area contributed by atoms with Gasteiger partial charge in [0.2, 0.25) is 0 Å². The van der Waals surface area contributed by atoms with Crippen molar-refractivity contribution in [2.24, 2.45) is 5.92 Å². The Kier molecular flexibility index (Phi) is 10.5. The van der Waals surface area contributed by atoms with Gasteiger partial charge in [-0.25, -0.2) is 0 Å². The van der Waals surface area contributed by atoms with Crippen LogP contribution in [0.5, 0.6) is 11.5 Å². The predicted octanol–water partition coefficient (Wildman–Crippen LogP) is 4.15. The lowest BCUT2D eigenvalue weighted by molar-refractivity contribution is -0.00116. The predicted molar refractivity (Wildman–Crippen MR) is 93.0 cm³/mol. The second kappa shape index (κ2) is 12.2. The molecule has 132 valence electrons. The van der Waals surface area contributed by atoms with Crippen LogP contribution >= 0.6 is 0 Å². The molecule has 0 aromatic heterocycles. The molecule has 0 heterocycles. The summed E-state index contributed by atoms with van der Waals surface area (Å²) < 4.78 is 11.1. The monoisotopic (exact) mass is 324 g/mol. The minimum absolute atomic E-state index is 0.155. The third-order valence-corrected chi connectivity index (χ3v) is 3.97. The molecule has 0 aliphatic rings.